The summed E-state index contributed by atoms with van der Waals surface area (Å²) in [6, 6.07) is 25.1. The molecule has 42 heavy (non-hydrogen) atoms. The number of pyridine rings is 1. The number of anilines is 1. The molecule has 2 N–H and O–H groups in total. The lowest BCUT2D eigenvalue weighted by Crippen LogP contribution is -2.20. The number of sulfonamides is 1. The fourth-order valence-electron chi connectivity index (χ4n) is 4.31. The van der Waals surface area contributed by atoms with E-state index in [1.807, 2.05) is 0 Å². The van der Waals surface area contributed by atoms with Crippen molar-refractivity contribution >= 4 is 56.0 Å². The molecule has 11 heteroatoms. The van der Waals surface area contributed by atoms with Gasteiger partial charge in [0.25, 0.3) is 15.6 Å². The summed E-state index contributed by atoms with van der Waals surface area (Å²) in [5, 5.41) is 12.5. The van der Waals surface area contributed by atoms with Crippen LogP contribution in [-0.2, 0) is 14.8 Å². The van der Waals surface area contributed by atoms with E-state index < -0.39 is 21.6 Å². The molecule has 0 aliphatic heterocycles. The predicted octanol–water partition coefficient (Wildman–Crippen LogP) is 6.08. The highest BCUT2D eigenvalue weighted by atomic mass is 35.5. The molecule has 0 atom stereocenters. The van der Waals surface area contributed by atoms with Crippen molar-refractivity contribution in [1.82, 2.24) is 4.57 Å². The third-order valence-corrected chi connectivity index (χ3v) is 7.94. The number of nitrogens with one attached hydrogen (secondary N) is 1. The van der Waals surface area contributed by atoms with Crippen molar-refractivity contribution in [3.63, 3.8) is 0 Å². The summed E-state index contributed by atoms with van der Waals surface area (Å²) >= 11 is 5.95. The zero-order valence-corrected chi connectivity index (χ0v) is 23.8. The van der Waals surface area contributed by atoms with Crippen LogP contribution in [0.15, 0.2) is 112 Å². The van der Waals surface area contributed by atoms with Crippen LogP contribution >= 0.6 is 11.6 Å². The van der Waals surface area contributed by atoms with E-state index in [9.17, 15) is 23.1 Å². The topological polar surface area (TPSA) is 127 Å². The molecule has 1 aromatic heterocycles. The second-order valence-electron chi connectivity index (χ2n) is 9.06. The minimum absolute atomic E-state index is 0.0227. The number of fused-ring (bicyclic) bond motifs is 1. The number of esters is 1. The number of carbonyl (C=O) groups excluding carboxylic acids is 1. The summed E-state index contributed by atoms with van der Waals surface area (Å²) < 4.78 is 34.2. The van der Waals surface area contributed by atoms with Crippen molar-refractivity contribution in [2.45, 2.75) is 11.8 Å². The van der Waals surface area contributed by atoms with E-state index in [1.54, 1.807) is 61.5 Å². The van der Waals surface area contributed by atoms with E-state index in [4.69, 9.17) is 16.3 Å². The predicted molar refractivity (Wildman–Crippen MR) is 163 cm³/mol. The fourth-order valence-corrected chi connectivity index (χ4v) is 5.55. The van der Waals surface area contributed by atoms with Crippen LogP contribution in [0.25, 0.3) is 16.5 Å². The van der Waals surface area contributed by atoms with Gasteiger partial charge in [0, 0.05) is 22.0 Å². The Kier molecular flexibility index (Phi) is 8.10. The minimum atomic E-state index is -3.87. The summed E-state index contributed by atoms with van der Waals surface area (Å²) in [7, 11) is -3.87. The lowest BCUT2D eigenvalue weighted by molar-refractivity contribution is 0.0526. The molecule has 0 saturated heterocycles. The molecular weight excluding hydrogens is 578 g/mol. The van der Waals surface area contributed by atoms with Gasteiger partial charge in [0.15, 0.2) is 0 Å². The quantitative estimate of drug-likeness (QED) is 0.164. The first-order valence-corrected chi connectivity index (χ1v) is 14.6. The van der Waals surface area contributed by atoms with Gasteiger partial charge < -0.3 is 9.84 Å². The standard InChI is InChI=1S/C31H24ClN3O6S/c1-2-41-31(38)20-10-14-24(15-11-20)35-29(36)27-9-4-3-8-26(27)28(30(35)37)19-33-22-12-16-25(17-13-22)42(39,40)34-23-7-5-6-21(32)18-23/h3-19,34,37H,2H2,1H3. The van der Waals surface area contributed by atoms with Crippen LogP contribution in [0.2, 0.25) is 5.02 Å². The van der Waals surface area contributed by atoms with E-state index in [0.29, 0.717) is 38.4 Å². The van der Waals surface area contributed by atoms with Crippen LogP contribution in [0.5, 0.6) is 5.88 Å². The van der Waals surface area contributed by atoms with Crippen molar-refractivity contribution in [2.24, 2.45) is 4.99 Å². The Morgan fingerprint density at radius 3 is 2.33 bits per heavy atom. The van der Waals surface area contributed by atoms with E-state index in [-0.39, 0.29) is 22.9 Å². The second-order valence-corrected chi connectivity index (χ2v) is 11.2. The highest BCUT2D eigenvalue weighted by molar-refractivity contribution is 7.92. The van der Waals surface area contributed by atoms with Gasteiger partial charge in [-0.3, -0.25) is 14.5 Å². The van der Waals surface area contributed by atoms with Gasteiger partial charge in [-0.05, 0) is 79.7 Å². The van der Waals surface area contributed by atoms with Gasteiger partial charge in [-0.25, -0.2) is 17.8 Å². The highest BCUT2D eigenvalue weighted by Gasteiger charge is 2.18. The van der Waals surface area contributed by atoms with Crippen LogP contribution in [-0.4, -0.2) is 36.9 Å². The molecule has 5 aromatic rings. The van der Waals surface area contributed by atoms with Gasteiger partial charge in [-0.1, -0.05) is 35.9 Å². The van der Waals surface area contributed by atoms with Crippen molar-refractivity contribution in [3.05, 3.63) is 124 Å². The number of ether oxygens (including phenoxy) is 1. The van der Waals surface area contributed by atoms with Crippen LogP contribution in [0, 0.1) is 0 Å². The summed E-state index contributed by atoms with van der Waals surface area (Å²) in [6.07, 6.45) is 1.41. The molecule has 4 aromatic carbocycles. The zero-order valence-electron chi connectivity index (χ0n) is 22.2. The Hall–Kier alpha value is -4.93. The Morgan fingerprint density at radius 2 is 1.67 bits per heavy atom. The van der Waals surface area contributed by atoms with Crippen molar-refractivity contribution in [3.8, 4) is 11.6 Å². The Balaban J connectivity index is 1.49. The molecule has 0 amide bonds. The smallest absolute Gasteiger partial charge is 0.338 e. The number of halogens is 1. The maximum absolute atomic E-state index is 13.4. The number of nitrogens with zero attached hydrogens (tertiary/aromatic N) is 2. The fraction of sp³-hybridized carbons (Fsp3) is 0.0645. The summed E-state index contributed by atoms with van der Waals surface area (Å²) in [6.45, 7) is 1.94. The van der Waals surface area contributed by atoms with Gasteiger partial charge in [0.2, 0.25) is 5.88 Å². The van der Waals surface area contributed by atoms with Crippen molar-refractivity contribution in [1.29, 1.82) is 0 Å². The number of rotatable bonds is 8. The molecule has 0 aliphatic carbocycles. The average molecular weight is 602 g/mol. The molecule has 0 spiro atoms. The van der Waals surface area contributed by atoms with Crippen LogP contribution in [0.4, 0.5) is 11.4 Å². The van der Waals surface area contributed by atoms with Crippen LogP contribution in [0.1, 0.15) is 22.8 Å². The third kappa shape index (κ3) is 5.90. The average Bonchev–Trinajstić information content (AvgIpc) is 2.98. The molecule has 0 unspecified atom stereocenters. The molecule has 0 fully saturated rings. The summed E-state index contributed by atoms with van der Waals surface area (Å²) in [5.41, 5.74) is 1.22. The molecule has 9 nitrogen and oxygen atoms in total. The van der Waals surface area contributed by atoms with E-state index in [1.165, 1.54) is 48.7 Å². The number of hydrogen-bond acceptors (Lipinski definition) is 7. The van der Waals surface area contributed by atoms with Crippen molar-refractivity contribution in [2.75, 3.05) is 11.3 Å². The largest absolute Gasteiger partial charge is 0.494 e. The van der Waals surface area contributed by atoms with Crippen LogP contribution < -0.4 is 10.3 Å². The van der Waals surface area contributed by atoms with Gasteiger partial charge in [0.1, 0.15) is 0 Å². The Labute approximate surface area is 246 Å². The number of aliphatic imine (C=N–C) groups is 1. The molecule has 1 heterocycles. The third-order valence-electron chi connectivity index (χ3n) is 6.31. The van der Waals surface area contributed by atoms with Gasteiger partial charge >= 0.3 is 5.97 Å². The normalized spacial score (nSPS) is 11.6. The first-order chi connectivity index (χ1) is 20.2. The molecule has 0 saturated carbocycles. The van der Waals surface area contributed by atoms with E-state index >= 15 is 0 Å². The highest BCUT2D eigenvalue weighted by Crippen LogP contribution is 2.27. The number of aromatic hydroxyl groups is 1. The zero-order chi connectivity index (χ0) is 29.9. The molecular formula is C31H24ClN3O6S. The molecule has 0 aliphatic rings. The van der Waals surface area contributed by atoms with E-state index in [2.05, 4.69) is 9.71 Å². The molecule has 5 rings (SSSR count). The number of aromatic nitrogens is 1. The van der Waals surface area contributed by atoms with Crippen LogP contribution in [0.3, 0.4) is 0 Å². The summed E-state index contributed by atoms with van der Waals surface area (Å²) in [4.78, 5) is 29.9. The Bertz CT molecular complexity index is 1990. The first-order valence-electron chi connectivity index (χ1n) is 12.7. The van der Waals surface area contributed by atoms with Gasteiger partial charge in [-0.2, -0.15) is 0 Å². The maximum Gasteiger partial charge on any atom is 0.338 e. The lowest BCUT2D eigenvalue weighted by atomic mass is 10.1. The minimum Gasteiger partial charge on any atom is -0.494 e. The Morgan fingerprint density at radius 1 is 0.976 bits per heavy atom. The number of benzene rings is 4. The molecule has 212 valence electrons. The second kappa shape index (κ2) is 11.9. The maximum atomic E-state index is 13.4. The van der Waals surface area contributed by atoms with Gasteiger partial charge in [0.05, 0.1) is 39.7 Å². The van der Waals surface area contributed by atoms with Gasteiger partial charge in [-0.15, -0.1) is 0 Å². The SMILES string of the molecule is CCOC(=O)c1ccc(-n2c(O)c(C=Nc3ccc(S(=O)(=O)Nc4cccc(Cl)c4)cc3)c3ccccc3c2=O)cc1. The number of carbonyl (C=O) groups is 1. The lowest BCUT2D eigenvalue weighted by Gasteiger charge is -2.14. The molecule has 0 bridgehead atoms. The summed E-state index contributed by atoms with van der Waals surface area (Å²) in [5.74, 6) is -0.845. The van der Waals surface area contributed by atoms with E-state index in [0.717, 1.165) is 4.57 Å². The number of hydrogen-bond donors (Lipinski definition) is 2. The van der Waals surface area contributed by atoms with Crippen molar-refractivity contribution < 1.29 is 23.1 Å². The first kappa shape index (κ1) is 28.6. The monoisotopic (exact) mass is 601 g/mol. The molecule has 0 radical (unpaired) electrons.